The van der Waals surface area contributed by atoms with Gasteiger partial charge in [-0.15, -0.1) is 0 Å². The molecule has 0 aliphatic heterocycles. The molecule has 6 heteroatoms. The van der Waals surface area contributed by atoms with Crippen LogP contribution in [-0.2, 0) is 18.3 Å². The standard InChI is InChI=1S/C20H27N3O2S/c1-6-23(7-2)18(24)13-26-20-21-15(4)17(19(25)22(20)5)12-16-10-8-9-14(3)11-16/h8-11H,6-7,12-13H2,1-5H3. The van der Waals surface area contributed by atoms with Crippen molar-refractivity contribution in [3.8, 4) is 0 Å². The molecule has 0 fully saturated rings. The molecule has 1 aromatic carbocycles. The molecule has 1 amide bonds. The fourth-order valence-corrected chi connectivity index (χ4v) is 3.80. The van der Waals surface area contributed by atoms with Crippen LogP contribution in [0.25, 0.3) is 0 Å². The molecule has 140 valence electrons. The molecule has 1 heterocycles. The second-order valence-electron chi connectivity index (χ2n) is 6.34. The molecule has 26 heavy (non-hydrogen) atoms. The van der Waals surface area contributed by atoms with E-state index >= 15 is 0 Å². The minimum Gasteiger partial charge on any atom is -0.343 e. The van der Waals surface area contributed by atoms with Crippen molar-refractivity contribution in [2.45, 2.75) is 39.3 Å². The van der Waals surface area contributed by atoms with Crippen molar-refractivity contribution in [3.05, 3.63) is 57.0 Å². The summed E-state index contributed by atoms with van der Waals surface area (Å²) in [5.74, 6) is 0.356. The molecule has 5 nitrogen and oxygen atoms in total. The molecule has 1 aromatic heterocycles. The third-order valence-corrected chi connectivity index (χ3v) is 5.47. The first kappa shape index (κ1) is 20.2. The van der Waals surface area contributed by atoms with Gasteiger partial charge in [-0.25, -0.2) is 4.98 Å². The normalized spacial score (nSPS) is 10.8. The number of nitrogens with zero attached hydrogens (tertiary/aromatic N) is 3. The Labute approximate surface area is 159 Å². The summed E-state index contributed by atoms with van der Waals surface area (Å²) in [7, 11) is 1.72. The van der Waals surface area contributed by atoms with Crippen LogP contribution in [0.3, 0.4) is 0 Å². The molecule has 0 spiro atoms. The van der Waals surface area contributed by atoms with E-state index in [1.54, 1.807) is 16.5 Å². The minimum absolute atomic E-state index is 0.0446. The summed E-state index contributed by atoms with van der Waals surface area (Å²) in [5.41, 5.74) is 3.66. The van der Waals surface area contributed by atoms with Gasteiger partial charge in [0.15, 0.2) is 5.16 Å². The minimum atomic E-state index is -0.0446. The monoisotopic (exact) mass is 373 g/mol. The van der Waals surface area contributed by atoms with Crippen LogP contribution in [0.2, 0.25) is 0 Å². The SMILES string of the molecule is CCN(CC)C(=O)CSc1nc(C)c(Cc2cccc(C)c2)c(=O)n1C. The van der Waals surface area contributed by atoms with E-state index < -0.39 is 0 Å². The fourth-order valence-electron chi connectivity index (χ4n) is 2.88. The van der Waals surface area contributed by atoms with Gasteiger partial charge in [0.05, 0.1) is 5.75 Å². The number of rotatable bonds is 7. The highest BCUT2D eigenvalue weighted by Crippen LogP contribution is 2.17. The highest BCUT2D eigenvalue weighted by atomic mass is 32.2. The number of carbonyl (C=O) groups excluding carboxylic acids is 1. The Kier molecular flexibility index (Phi) is 7.03. The highest BCUT2D eigenvalue weighted by molar-refractivity contribution is 7.99. The first-order valence-electron chi connectivity index (χ1n) is 8.89. The molecule has 0 radical (unpaired) electrons. The second kappa shape index (κ2) is 9.03. The van der Waals surface area contributed by atoms with Crippen molar-refractivity contribution < 1.29 is 4.79 Å². The van der Waals surface area contributed by atoms with Crippen molar-refractivity contribution in [2.24, 2.45) is 7.05 Å². The summed E-state index contributed by atoms with van der Waals surface area (Å²) in [6.07, 6.45) is 0.566. The molecule has 0 aliphatic carbocycles. The predicted octanol–water partition coefficient (Wildman–Crippen LogP) is 2.95. The maximum atomic E-state index is 12.8. The van der Waals surface area contributed by atoms with Crippen molar-refractivity contribution in [2.75, 3.05) is 18.8 Å². The summed E-state index contributed by atoms with van der Waals surface area (Å²) in [5, 5.41) is 0.584. The van der Waals surface area contributed by atoms with E-state index in [-0.39, 0.29) is 11.5 Å². The smallest absolute Gasteiger partial charge is 0.257 e. The van der Waals surface area contributed by atoms with Crippen LogP contribution in [0.4, 0.5) is 0 Å². The number of aromatic nitrogens is 2. The Hall–Kier alpha value is -2.08. The van der Waals surface area contributed by atoms with Gasteiger partial charge in [-0.3, -0.25) is 14.2 Å². The second-order valence-corrected chi connectivity index (χ2v) is 7.29. The van der Waals surface area contributed by atoms with Gasteiger partial charge in [-0.2, -0.15) is 0 Å². The van der Waals surface area contributed by atoms with Gasteiger partial charge in [0.1, 0.15) is 0 Å². The lowest BCUT2D eigenvalue weighted by molar-refractivity contribution is -0.127. The molecule has 0 bridgehead atoms. The van der Waals surface area contributed by atoms with Crippen molar-refractivity contribution >= 4 is 17.7 Å². The van der Waals surface area contributed by atoms with Crippen molar-refractivity contribution in [3.63, 3.8) is 0 Å². The fraction of sp³-hybridized carbons (Fsp3) is 0.450. The van der Waals surface area contributed by atoms with E-state index in [1.807, 2.05) is 45.9 Å². The zero-order valence-corrected chi connectivity index (χ0v) is 17.0. The van der Waals surface area contributed by atoms with E-state index in [2.05, 4.69) is 11.1 Å². The Balaban J connectivity index is 2.22. The molecular weight excluding hydrogens is 346 g/mol. The molecule has 0 saturated carbocycles. The average Bonchev–Trinajstić information content (AvgIpc) is 2.61. The van der Waals surface area contributed by atoms with Gasteiger partial charge in [0, 0.05) is 37.8 Å². The first-order chi connectivity index (χ1) is 12.4. The van der Waals surface area contributed by atoms with Crippen LogP contribution < -0.4 is 5.56 Å². The summed E-state index contributed by atoms with van der Waals surface area (Å²) >= 11 is 1.32. The van der Waals surface area contributed by atoms with Gasteiger partial charge in [-0.1, -0.05) is 41.6 Å². The largest absolute Gasteiger partial charge is 0.343 e. The highest BCUT2D eigenvalue weighted by Gasteiger charge is 2.16. The summed E-state index contributed by atoms with van der Waals surface area (Å²) in [4.78, 5) is 31.4. The molecule has 2 rings (SSSR count). The van der Waals surface area contributed by atoms with E-state index in [9.17, 15) is 9.59 Å². The maximum absolute atomic E-state index is 12.8. The Morgan fingerprint density at radius 3 is 2.54 bits per heavy atom. The predicted molar refractivity (Wildman–Crippen MR) is 107 cm³/mol. The number of amides is 1. The van der Waals surface area contributed by atoms with E-state index in [1.165, 1.54) is 17.3 Å². The molecule has 0 unspecified atom stereocenters. The summed E-state index contributed by atoms with van der Waals surface area (Å²) in [6, 6.07) is 8.15. The van der Waals surface area contributed by atoms with Gasteiger partial charge < -0.3 is 4.90 Å². The summed E-state index contributed by atoms with van der Waals surface area (Å²) < 4.78 is 1.55. The third-order valence-electron chi connectivity index (χ3n) is 4.45. The zero-order valence-electron chi connectivity index (χ0n) is 16.2. The number of aryl methyl sites for hydroxylation is 2. The van der Waals surface area contributed by atoms with Gasteiger partial charge in [0.2, 0.25) is 5.91 Å². The molecule has 2 aromatic rings. The molecule has 0 atom stereocenters. The Morgan fingerprint density at radius 2 is 1.92 bits per heavy atom. The quantitative estimate of drug-likeness (QED) is 0.553. The lowest BCUT2D eigenvalue weighted by Gasteiger charge is -2.18. The van der Waals surface area contributed by atoms with Crippen LogP contribution in [0.15, 0.2) is 34.2 Å². The van der Waals surface area contributed by atoms with Crippen molar-refractivity contribution in [1.29, 1.82) is 0 Å². The average molecular weight is 374 g/mol. The van der Waals surface area contributed by atoms with Crippen LogP contribution in [-0.4, -0.2) is 39.2 Å². The Morgan fingerprint density at radius 1 is 1.23 bits per heavy atom. The molecular formula is C20H27N3O2S. The van der Waals surface area contributed by atoms with E-state index in [0.29, 0.717) is 36.0 Å². The lowest BCUT2D eigenvalue weighted by Crippen LogP contribution is -2.32. The lowest BCUT2D eigenvalue weighted by atomic mass is 10.0. The summed E-state index contributed by atoms with van der Waals surface area (Å²) in [6.45, 7) is 9.21. The zero-order chi connectivity index (χ0) is 19.3. The van der Waals surface area contributed by atoms with Gasteiger partial charge in [-0.05, 0) is 33.3 Å². The number of hydrogen-bond acceptors (Lipinski definition) is 4. The van der Waals surface area contributed by atoms with E-state index in [4.69, 9.17) is 0 Å². The number of thioether (sulfide) groups is 1. The number of carbonyl (C=O) groups is 1. The number of hydrogen-bond donors (Lipinski definition) is 0. The van der Waals surface area contributed by atoms with Crippen LogP contribution >= 0.6 is 11.8 Å². The van der Waals surface area contributed by atoms with Crippen LogP contribution in [0, 0.1) is 13.8 Å². The maximum Gasteiger partial charge on any atom is 0.257 e. The van der Waals surface area contributed by atoms with Gasteiger partial charge >= 0.3 is 0 Å². The topological polar surface area (TPSA) is 55.2 Å². The first-order valence-corrected chi connectivity index (χ1v) is 9.88. The third kappa shape index (κ3) is 4.75. The van der Waals surface area contributed by atoms with E-state index in [0.717, 1.165) is 11.3 Å². The van der Waals surface area contributed by atoms with Gasteiger partial charge in [0.25, 0.3) is 5.56 Å². The molecule has 0 N–H and O–H groups in total. The number of benzene rings is 1. The van der Waals surface area contributed by atoms with Crippen molar-refractivity contribution in [1.82, 2.24) is 14.5 Å². The molecule has 0 saturated heterocycles. The molecule has 0 aliphatic rings. The Bertz CT molecular complexity index is 841. The van der Waals surface area contributed by atoms with Crippen LogP contribution in [0.1, 0.15) is 36.2 Å². The van der Waals surface area contributed by atoms with Crippen LogP contribution in [0.5, 0.6) is 0 Å².